The summed E-state index contributed by atoms with van der Waals surface area (Å²) in [6, 6.07) is 7.86. The second-order valence-electron chi connectivity index (χ2n) is 7.07. The number of hydrogen-bond acceptors (Lipinski definition) is 3. The molecular formula is C20H31N3O2. The fourth-order valence-corrected chi connectivity index (χ4v) is 3.39. The molecule has 2 rings (SSSR count). The van der Waals surface area contributed by atoms with Gasteiger partial charge in [0, 0.05) is 26.1 Å². The van der Waals surface area contributed by atoms with Crippen LogP contribution in [-0.2, 0) is 22.7 Å². The first-order valence-electron chi connectivity index (χ1n) is 9.31. The van der Waals surface area contributed by atoms with Crippen molar-refractivity contribution in [2.75, 3.05) is 20.6 Å². The Morgan fingerprint density at radius 3 is 2.60 bits per heavy atom. The molecule has 1 unspecified atom stereocenters. The summed E-state index contributed by atoms with van der Waals surface area (Å²) in [6.45, 7) is 4.05. The first-order chi connectivity index (χ1) is 12.0. The molecule has 0 aromatic heterocycles. The minimum Gasteiger partial charge on any atom is -0.350 e. The molecular weight excluding hydrogens is 314 g/mol. The molecule has 2 amide bonds. The first-order valence-corrected chi connectivity index (χ1v) is 9.31. The molecule has 138 valence electrons. The normalized spacial score (nSPS) is 17.6. The number of piperidine rings is 1. The summed E-state index contributed by atoms with van der Waals surface area (Å²) >= 11 is 0. The zero-order valence-corrected chi connectivity index (χ0v) is 15.8. The van der Waals surface area contributed by atoms with Crippen molar-refractivity contribution in [2.45, 2.75) is 58.2 Å². The Labute approximate surface area is 151 Å². The van der Waals surface area contributed by atoms with Gasteiger partial charge < -0.3 is 15.1 Å². The third-order valence-corrected chi connectivity index (χ3v) is 4.65. The van der Waals surface area contributed by atoms with Crippen LogP contribution in [0.5, 0.6) is 0 Å². The van der Waals surface area contributed by atoms with Crippen molar-refractivity contribution >= 4 is 11.8 Å². The minimum atomic E-state index is -0.311. The number of nitrogens with zero attached hydrogens (tertiary/aromatic N) is 2. The van der Waals surface area contributed by atoms with Crippen molar-refractivity contribution in [1.29, 1.82) is 0 Å². The SMILES string of the molecule is CCCC(=O)N1CCCCC1C(=O)NCc1ccccc1CN(C)C. The van der Waals surface area contributed by atoms with Gasteiger partial charge in [-0.15, -0.1) is 0 Å². The maximum absolute atomic E-state index is 12.7. The molecule has 0 saturated carbocycles. The van der Waals surface area contributed by atoms with E-state index in [-0.39, 0.29) is 17.9 Å². The second-order valence-corrected chi connectivity index (χ2v) is 7.07. The number of likely N-dealkylation sites (tertiary alicyclic amines) is 1. The number of rotatable bonds is 7. The lowest BCUT2D eigenvalue weighted by atomic mass is 10.00. The van der Waals surface area contributed by atoms with E-state index in [2.05, 4.69) is 22.3 Å². The van der Waals surface area contributed by atoms with Crippen molar-refractivity contribution in [1.82, 2.24) is 15.1 Å². The van der Waals surface area contributed by atoms with Crippen molar-refractivity contribution in [3.8, 4) is 0 Å². The number of hydrogen-bond donors (Lipinski definition) is 1. The first kappa shape index (κ1) is 19.4. The van der Waals surface area contributed by atoms with Crippen LogP contribution in [0.2, 0.25) is 0 Å². The third-order valence-electron chi connectivity index (χ3n) is 4.65. The Hall–Kier alpha value is -1.88. The fourth-order valence-electron chi connectivity index (χ4n) is 3.39. The maximum Gasteiger partial charge on any atom is 0.243 e. The van der Waals surface area contributed by atoms with E-state index >= 15 is 0 Å². The Morgan fingerprint density at radius 2 is 1.92 bits per heavy atom. The number of carbonyl (C=O) groups is 2. The molecule has 0 bridgehead atoms. The molecule has 5 heteroatoms. The Bertz CT molecular complexity index is 586. The highest BCUT2D eigenvalue weighted by molar-refractivity contribution is 5.87. The molecule has 1 saturated heterocycles. The van der Waals surface area contributed by atoms with Crippen molar-refractivity contribution in [2.24, 2.45) is 0 Å². The predicted molar refractivity (Wildman–Crippen MR) is 99.9 cm³/mol. The third kappa shape index (κ3) is 5.56. The molecule has 1 aromatic rings. The second kappa shape index (κ2) is 9.56. The molecule has 1 heterocycles. The Morgan fingerprint density at radius 1 is 1.20 bits per heavy atom. The summed E-state index contributed by atoms with van der Waals surface area (Å²) in [5.41, 5.74) is 2.35. The predicted octanol–water partition coefficient (Wildman–Crippen LogP) is 2.55. The molecule has 25 heavy (non-hydrogen) atoms. The van der Waals surface area contributed by atoms with E-state index in [1.165, 1.54) is 5.56 Å². The van der Waals surface area contributed by atoms with Crippen LogP contribution in [0.25, 0.3) is 0 Å². The van der Waals surface area contributed by atoms with Crippen molar-refractivity contribution < 1.29 is 9.59 Å². The van der Waals surface area contributed by atoms with Crippen LogP contribution in [0.4, 0.5) is 0 Å². The average Bonchev–Trinajstić information content (AvgIpc) is 2.60. The van der Waals surface area contributed by atoms with Crippen LogP contribution >= 0.6 is 0 Å². The van der Waals surface area contributed by atoms with Gasteiger partial charge in [-0.1, -0.05) is 31.2 Å². The monoisotopic (exact) mass is 345 g/mol. The zero-order valence-electron chi connectivity index (χ0n) is 15.8. The Kier molecular flexibility index (Phi) is 7.44. The van der Waals surface area contributed by atoms with Gasteiger partial charge in [0.1, 0.15) is 6.04 Å². The van der Waals surface area contributed by atoms with E-state index in [0.717, 1.165) is 37.8 Å². The van der Waals surface area contributed by atoms with E-state index in [1.807, 2.05) is 33.2 Å². The number of amides is 2. The molecule has 1 aromatic carbocycles. The van der Waals surface area contributed by atoms with Crippen LogP contribution in [0.3, 0.4) is 0 Å². The highest BCUT2D eigenvalue weighted by Gasteiger charge is 2.31. The standard InChI is InChI=1S/C20H31N3O2/c1-4-9-19(24)23-13-8-7-12-18(23)20(25)21-14-16-10-5-6-11-17(16)15-22(2)3/h5-6,10-11,18H,4,7-9,12-15H2,1-3H3,(H,21,25). The van der Waals surface area contributed by atoms with Crippen LogP contribution in [0.15, 0.2) is 24.3 Å². The van der Waals surface area contributed by atoms with E-state index in [1.54, 1.807) is 4.90 Å². The van der Waals surface area contributed by atoms with E-state index < -0.39 is 0 Å². The zero-order chi connectivity index (χ0) is 18.2. The molecule has 0 radical (unpaired) electrons. The highest BCUT2D eigenvalue weighted by Crippen LogP contribution is 2.19. The van der Waals surface area contributed by atoms with Crippen LogP contribution in [0.1, 0.15) is 50.2 Å². The van der Waals surface area contributed by atoms with E-state index in [4.69, 9.17) is 0 Å². The molecule has 1 N–H and O–H groups in total. The summed E-state index contributed by atoms with van der Waals surface area (Å²) in [6.07, 6.45) is 4.10. The lowest BCUT2D eigenvalue weighted by Gasteiger charge is -2.34. The number of nitrogens with one attached hydrogen (secondary N) is 1. The minimum absolute atomic E-state index is 0.0243. The molecule has 5 nitrogen and oxygen atoms in total. The number of carbonyl (C=O) groups excluding carboxylic acids is 2. The van der Waals surface area contributed by atoms with Gasteiger partial charge in [-0.2, -0.15) is 0 Å². The Balaban J connectivity index is 2.00. The molecule has 1 atom stereocenters. The van der Waals surface area contributed by atoms with Gasteiger partial charge in [-0.25, -0.2) is 0 Å². The van der Waals surface area contributed by atoms with E-state index in [9.17, 15) is 9.59 Å². The van der Waals surface area contributed by atoms with Gasteiger partial charge in [0.15, 0.2) is 0 Å². The highest BCUT2D eigenvalue weighted by atomic mass is 16.2. The summed E-state index contributed by atoms with van der Waals surface area (Å²) < 4.78 is 0. The molecule has 1 aliphatic heterocycles. The van der Waals surface area contributed by atoms with Gasteiger partial charge in [0.25, 0.3) is 0 Å². The lowest BCUT2D eigenvalue weighted by molar-refractivity contribution is -0.142. The van der Waals surface area contributed by atoms with Gasteiger partial charge in [0.2, 0.25) is 11.8 Å². The average molecular weight is 345 g/mol. The quantitative estimate of drug-likeness (QED) is 0.826. The molecule has 0 spiro atoms. The summed E-state index contributed by atoms with van der Waals surface area (Å²) in [7, 11) is 4.07. The summed E-state index contributed by atoms with van der Waals surface area (Å²) in [5, 5.41) is 3.06. The molecule has 1 fully saturated rings. The summed E-state index contributed by atoms with van der Waals surface area (Å²) in [5.74, 6) is 0.0826. The topological polar surface area (TPSA) is 52.7 Å². The van der Waals surface area contributed by atoms with Crippen LogP contribution < -0.4 is 5.32 Å². The largest absolute Gasteiger partial charge is 0.350 e. The smallest absolute Gasteiger partial charge is 0.243 e. The van der Waals surface area contributed by atoms with Gasteiger partial charge >= 0.3 is 0 Å². The van der Waals surface area contributed by atoms with Gasteiger partial charge in [-0.3, -0.25) is 9.59 Å². The fraction of sp³-hybridized carbons (Fsp3) is 0.600. The maximum atomic E-state index is 12.7. The van der Waals surface area contributed by atoms with Crippen molar-refractivity contribution in [3.05, 3.63) is 35.4 Å². The number of benzene rings is 1. The molecule has 0 aliphatic carbocycles. The van der Waals surface area contributed by atoms with Crippen LogP contribution in [0, 0.1) is 0 Å². The summed E-state index contributed by atoms with van der Waals surface area (Å²) in [4.78, 5) is 28.9. The van der Waals surface area contributed by atoms with E-state index in [0.29, 0.717) is 19.5 Å². The molecule has 1 aliphatic rings. The lowest BCUT2D eigenvalue weighted by Crippen LogP contribution is -2.51. The van der Waals surface area contributed by atoms with Gasteiger partial charge in [0.05, 0.1) is 0 Å². The van der Waals surface area contributed by atoms with Crippen LogP contribution in [-0.4, -0.2) is 48.3 Å². The van der Waals surface area contributed by atoms with Gasteiger partial charge in [-0.05, 0) is 50.9 Å². The van der Waals surface area contributed by atoms with Crippen molar-refractivity contribution in [3.63, 3.8) is 0 Å².